The van der Waals surface area contributed by atoms with Crippen molar-refractivity contribution in [1.82, 2.24) is 9.80 Å². The van der Waals surface area contributed by atoms with Crippen LogP contribution >= 0.6 is 0 Å². The van der Waals surface area contributed by atoms with E-state index in [1.165, 1.54) is 16.8 Å². The molecule has 8 heteroatoms. The first-order chi connectivity index (χ1) is 20.1. The maximum Gasteiger partial charge on any atom is 0.410 e. The molecule has 0 spiro atoms. The van der Waals surface area contributed by atoms with Gasteiger partial charge in [0.25, 0.3) is 0 Å². The summed E-state index contributed by atoms with van der Waals surface area (Å²) in [4.78, 5) is 26.0. The molecule has 0 bridgehead atoms. The van der Waals surface area contributed by atoms with E-state index in [1.807, 2.05) is 44.7 Å². The van der Waals surface area contributed by atoms with Crippen molar-refractivity contribution < 1.29 is 9.53 Å². The topological polar surface area (TPSA) is 75.4 Å². The number of nitrogens with zero attached hydrogens (tertiary/aromatic N) is 6. The van der Waals surface area contributed by atoms with E-state index >= 15 is 0 Å². The molecule has 2 saturated heterocycles. The summed E-state index contributed by atoms with van der Waals surface area (Å²) >= 11 is 0. The van der Waals surface area contributed by atoms with Crippen molar-refractivity contribution in [2.24, 2.45) is 10.9 Å². The molecule has 0 N–H and O–H groups in total. The zero-order chi connectivity index (χ0) is 30.0. The number of amides is 1. The fraction of sp³-hybridized carbons (Fsp3) is 0.500. The van der Waals surface area contributed by atoms with Crippen LogP contribution in [0, 0.1) is 17.2 Å². The summed E-state index contributed by atoms with van der Waals surface area (Å²) in [5.74, 6) is 0.540. The number of benzene rings is 2. The Balaban J connectivity index is 1.27. The van der Waals surface area contributed by atoms with Crippen molar-refractivity contribution in [2.45, 2.75) is 65.8 Å². The average Bonchev–Trinajstić information content (AvgIpc) is 3.39. The third-order valence-electron chi connectivity index (χ3n) is 8.53. The molecule has 3 aliphatic rings. The molecular weight excluding hydrogens is 524 g/mol. The Morgan fingerprint density at radius 3 is 2.48 bits per heavy atom. The summed E-state index contributed by atoms with van der Waals surface area (Å²) in [5, 5.41) is 9.62. The number of rotatable bonds is 5. The maximum atomic E-state index is 12.5. The van der Waals surface area contributed by atoms with Gasteiger partial charge in [0.1, 0.15) is 11.7 Å². The molecule has 3 aliphatic heterocycles. The molecule has 5 rings (SSSR count). The third kappa shape index (κ3) is 6.32. The van der Waals surface area contributed by atoms with Crippen LogP contribution in [0.2, 0.25) is 0 Å². The number of piperidine rings is 1. The van der Waals surface area contributed by atoms with Gasteiger partial charge in [-0.05, 0) is 82.1 Å². The van der Waals surface area contributed by atoms with Crippen LogP contribution in [0.25, 0.3) is 6.08 Å². The number of ether oxygens (including phenoxy) is 1. The Morgan fingerprint density at radius 1 is 1.07 bits per heavy atom. The zero-order valence-corrected chi connectivity index (χ0v) is 25.8. The lowest BCUT2D eigenvalue weighted by molar-refractivity contribution is 0.0240. The molecule has 0 aromatic heterocycles. The van der Waals surface area contributed by atoms with Crippen molar-refractivity contribution >= 4 is 35.9 Å². The quantitative estimate of drug-likeness (QED) is 0.399. The number of carbonyl (C=O) groups is 1. The molecular formula is C34H44N6O2. The van der Waals surface area contributed by atoms with Crippen LogP contribution in [0.3, 0.4) is 0 Å². The summed E-state index contributed by atoms with van der Waals surface area (Å²) < 4.78 is 5.57. The highest BCUT2D eigenvalue weighted by atomic mass is 16.6. The van der Waals surface area contributed by atoms with Gasteiger partial charge in [0.15, 0.2) is 0 Å². The Bertz CT molecular complexity index is 1400. The van der Waals surface area contributed by atoms with Crippen molar-refractivity contribution in [1.29, 1.82) is 5.26 Å². The van der Waals surface area contributed by atoms with E-state index in [-0.39, 0.29) is 6.09 Å². The van der Waals surface area contributed by atoms with Gasteiger partial charge >= 0.3 is 6.09 Å². The second-order valence-corrected chi connectivity index (χ2v) is 12.9. The summed E-state index contributed by atoms with van der Waals surface area (Å²) in [6.45, 7) is 20.6. The van der Waals surface area contributed by atoms with E-state index in [4.69, 9.17) is 4.74 Å². The number of hydrogen-bond donors (Lipinski definition) is 0. The number of piperazine rings is 1. The van der Waals surface area contributed by atoms with Crippen LogP contribution in [-0.2, 0) is 17.8 Å². The number of fused-ring (bicyclic) bond motifs is 1. The molecule has 2 atom stereocenters. The minimum atomic E-state index is -0.476. The molecule has 0 saturated carbocycles. The highest BCUT2D eigenvalue weighted by Gasteiger charge is 2.34. The average molecular weight is 569 g/mol. The number of aliphatic imine (C=N–C) groups is 1. The lowest BCUT2D eigenvalue weighted by atomic mass is 9.93. The van der Waals surface area contributed by atoms with Gasteiger partial charge in [-0.25, -0.2) is 4.79 Å². The standard InChI is InChI=1S/C34H44N6O2/c1-7-8-30-31(12-10-25(19-35)32(30)36-6)40-20-24(2)17-29(23-40)39-21-26-9-11-28(18-27(26)22-39)37-13-15-38(16-14-37)33(41)42-34(3,4)5/h7-12,18,24,29H,6,13-17,20-23H2,1-5H3/b8-7-/t24-,29+/m0/s1. The molecule has 42 heavy (non-hydrogen) atoms. The number of anilines is 2. The number of carbonyl (C=O) groups excluding carboxylic acids is 1. The summed E-state index contributed by atoms with van der Waals surface area (Å²) in [6, 6.07) is 13.5. The number of allylic oxidation sites excluding steroid dienone is 1. The zero-order valence-electron chi connectivity index (χ0n) is 25.8. The second kappa shape index (κ2) is 12.2. The Labute approximate surface area is 250 Å². The van der Waals surface area contributed by atoms with E-state index in [1.54, 1.807) is 0 Å². The smallest absolute Gasteiger partial charge is 0.410 e. The van der Waals surface area contributed by atoms with Gasteiger partial charge < -0.3 is 19.4 Å². The molecule has 1 amide bonds. The van der Waals surface area contributed by atoms with Crippen molar-refractivity contribution in [3.8, 4) is 6.07 Å². The minimum absolute atomic E-state index is 0.224. The molecule has 2 aromatic carbocycles. The summed E-state index contributed by atoms with van der Waals surface area (Å²) in [7, 11) is 0. The molecule has 0 aliphatic carbocycles. The summed E-state index contributed by atoms with van der Waals surface area (Å²) in [5.41, 5.74) is 6.87. The lowest BCUT2D eigenvalue weighted by Gasteiger charge is -2.42. The minimum Gasteiger partial charge on any atom is -0.444 e. The van der Waals surface area contributed by atoms with Gasteiger partial charge in [0.05, 0.1) is 11.3 Å². The number of hydrogen-bond acceptors (Lipinski definition) is 7. The van der Waals surface area contributed by atoms with Crippen LogP contribution in [-0.4, -0.2) is 73.5 Å². The molecule has 0 radical (unpaired) electrons. The van der Waals surface area contributed by atoms with Crippen LogP contribution in [0.1, 0.15) is 63.3 Å². The molecule has 222 valence electrons. The first kappa shape index (κ1) is 29.7. The van der Waals surface area contributed by atoms with Crippen LogP contribution in [0.4, 0.5) is 21.9 Å². The van der Waals surface area contributed by atoms with Gasteiger partial charge in [0, 0.05) is 75.3 Å². The summed E-state index contributed by atoms with van der Waals surface area (Å²) in [6.07, 6.45) is 4.99. The lowest BCUT2D eigenvalue weighted by Crippen LogP contribution is -2.50. The van der Waals surface area contributed by atoms with Crippen LogP contribution < -0.4 is 9.80 Å². The van der Waals surface area contributed by atoms with Gasteiger partial charge in [-0.2, -0.15) is 5.26 Å². The Morgan fingerprint density at radius 2 is 1.81 bits per heavy atom. The van der Waals surface area contributed by atoms with Crippen molar-refractivity contribution in [2.75, 3.05) is 49.1 Å². The van der Waals surface area contributed by atoms with E-state index in [0.29, 0.717) is 36.3 Å². The molecule has 2 fully saturated rings. The van der Waals surface area contributed by atoms with Gasteiger partial charge in [-0.15, -0.1) is 0 Å². The van der Waals surface area contributed by atoms with E-state index in [2.05, 4.69) is 69.7 Å². The highest BCUT2D eigenvalue weighted by molar-refractivity contribution is 5.82. The molecule has 8 nitrogen and oxygen atoms in total. The monoisotopic (exact) mass is 568 g/mol. The SMILES string of the molecule is C=Nc1c(C#N)ccc(N2C[C@@H](C)C[C@@H](N3Cc4ccc(N5CCN(C(=O)OC(C)(C)C)CC5)cc4C3)C2)c1/C=C\C. The van der Waals surface area contributed by atoms with Gasteiger partial charge in [-0.1, -0.05) is 25.1 Å². The van der Waals surface area contributed by atoms with E-state index < -0.39 is 5.60 Å². The second-order valence-electron chi connectivity index (χ2n) is 12.9. The normalized spacial score (nSPS) is 21.4. The first-order valence-corrected chi connectivity index (χ1v) is 15.1. The van der Waals surface area contributed by atoms with Crippen LogP contribution in [0.5, 0.6) is 0 Å². The Kier molecular flexibility index (Phi) is 8.60. The highest BCUT2D eigenvalue weighted by Crippen LogP contribution is 2.38. The van der Waals surface area contributed by atoms with E-state index in [0.717, 1.165) is 56.9 Å². The van der Waals surface area contributed by atoms with Crippen molar-refractivity contribution in [3.05, 3.63) is 58.7 Å². The fourth-order valence-electron chi connectivity index (χ4n) is 6.58. The number of nitriles is 1. The molecule has 2 aromatic rings. The fourth-order valence-corrected chi connectivity index (χ4v) is 6.58. The Hall–Kier alpha value is -3.83. The van der Waals surface area contributed by atoms with Crippen LogP contribution in [0.15, 0.2) is 41.4 Å². The van der Waals surface area contributed by atoms with E-state index in [9.17, 15) is 10.1 Å². The third-order valence-corrected chi connectivity index (χ3v) is 8.53. The van der Waals surface area contributed by atoms with Gasteiger partial charge in [0.2, 0.25) is 0 Å². The predicted octanol–water partition coefficient (Wildman–Crippen LogP) is 6.21. The van der Waals surface area contributed by atoms with Crippen molar-refractivity contribution in [3.63, 3.8) is 0 Å². The van der Waals surface area contributed by atoms with Gasteiger partial charge in [-0.3, -0.25) is 9.89 Å². The maximum absolute atomic E-state index is 12.5. The first-order valence-electron chi connectivity index (χ1n) is 15.1. The predicted molar refractivity (Wildman–Crippen MR) is 171 cm³/mol. The molecule has 0 unspecified atom stereocenters. The molecule has 3 heterocycles. The largest absolute Gasteiger partial charge is 0.444 e.